The van der Waals surface area contributed by atoms with Crippen molar-refractivity contribution >= 4 is 35.1 Å². The molecule has 0 saturated carbocycles. The molecule has 0 amide bonds. The van der Waals surface area contributed by atoms with Crippen molar-refractivity contribution in [3.05, 3.63) is 42.2 Å². The van der Waals surface area contributed by atoms with Gasteiger partial charge in [-0.1, -0.05) is 0 Å². The first-order valence-electron chi connectivity index (χ1n) is 6.81. The van der Waals surface area contributed by atoms with Crippen molar-refractivity contribution in [3.8, 4) is 0 Å². The number of ether oxygens (including phenoxy) is 1. The minimum Gasteiger partial charge on any atom is -0.466 e. The first-order chi connectivity index (χ1) is 10.6. The Morgan fingerprint density at radius 3 is 2.68 bits per heavy atom. The zero-order chi connectivity index (χ0) is 15.7. The van der Waals surface area contributed by atoms with Crippen molar-refractivity contribution in [3.63, 3.8) is 0 Å². The van der Waals surface area contributed by atoms with Gasteiger partial charge in [0.05, 0.1) is 18.5 Å². The average molecular weight is 296 g/mol. The number of carbonyl (C=O) groups excluding carboxylic acids is 1. The lowest BCUT2D eigenvalue weighted by Crippen LogP contribution is -2.26. The van der Waals surface area contributed by atoms with Gasteiger partial charge < -0.3 is 14.5 Å². The highest BCUT2D eigenvalue weighted by Crippen LogP contribution is 2.45. The molecule has 3 heterocycles. The number of carbonyl (C=O) groups is 1. The Balaban J connectivity index is 2.12. The summed E-state index contributed by atoms with van der Waals surface area (Å²) in [5.41, 5.74) is 2.79. The van der Waals surface area contributed by atoms with Gasteiger partial charge in [0.15, 0.2) is 11.6 Å². The Bertz CT molecular complexity index is 758. The first kappa shape index (κ1) is 14.1. The zero-order valence-corrected chi connectivity index (χ0v) is 12.6. The lowest BCUT2D eigenvalue weighted by molar-refractivity contribution is -0.134. The number of fused-ring (bicyclic) bond motifs is 2. The van der Waals surface area contributed by atoms with Gasteiger partial charge in [-0.3, -0.25) is 0 Å². The van der Waals surface area contributed by atoms with Crippen molar-refractivity contribution in [2.45, 2.75) is 0 Å². The van der Waals surface area contributed by atoms with Crippen LogP contribution in [-0.4, -0.2) is 37.1 Å². The molecule has 0 radical (unpaired) electrons. The lowest BCUT2D eigenvalue weighted by atomic mass is 10.1. The van der Waals surface area contributed by atoms with Gasteiger partial charge in [-0.25, -0.2) is 14.8 Å². The molecule has 22 heavy (non-hydrogen) atoms. The second-order valence-electron chi connectivity index (χ2n) is 4.89. The molecule has 1 aliphatic rings. The Morgan fingerprint density at radius 1 is 1.14 bits per heavy atom. The highest BCUT2D eigenvalue weighted by molar-refractivity contribution is 5.95. The van der Waals surface area contributed by atoms with Gasteiger partial charge in [-0.2, -0.15) is 0 Å². The third-order valence-corrected chi connectivity index (χ3v) is 3.63. The molecular weight excluding hydrogens is 280 g/mol. The molecule has 3 rings (SSSR count). The normalized spacial score (nSPS) is 13.0. The third kappa shape index (κ3) is 2.18. The molecule has 0 bridgehead atoms. The Kier molecular flexibility index (Phi) is 3.50. The molecule has 0 aromatic carbocycles. The molecule has 6 nitrogen and oxygen atoms in total. The summed E-state index contributed by atoms with van der Waals surface area (Å²) < 4.78 is 4.64. The number of rotatable bonds is 2. The van der Waals surface area contributed by atoms with Crippen molar-refractivity contribution < 1.29 is 9.53 Å². The van der Waals surface area contributed by atoms with Crippen LogP contribution in [0, 0.1) is 0 Å². The van der Waals surface area contributed by atoms with Gasteiger partial charge in [0.2, 0.25) is 0 Å². The summed E-state index contributed by atoms with van der Waals surface area (Å²) in [6.45, 7) is 0. The number of anilines is 4. The van der Waals surface area contributed by atoms with Crippen LogP contribution in [-0.2, 0) is 9.53 Å². The van der Waals surface area contributed by atoms with E-state index in [1.54, 1.807) is 18.5 Å². The Labute approximate surface area is 128 Å². The lowest BCUT2D eigenvalue weighted by Gasteiger charge is -2.35. The predicted molar refractivity (Wildman–Crippen MR) is 85.7 cm³/mol. The van der Waals surface area contributed by atoms with Gasteiger partial charge in [0.1, 0.15) is 0 Å². The van der Waals surface area contributed by atoms with E-state index in [1.165, 1.54) is 13.2 Å². The minimum atomic E-state index is -0.389. The summed E-state index contributed by atoms with van der Waals surface area (Å²) in [7, 11) is 5.25. The molecule has 0 saturated heterocycles. The first-order valence-corrected chi connectivity index (χ1v) is 6.81. The van der Waals surface area contributed by atoms with Crippen LogP contribution in [0.2, 0.25) is 0 Å². The number of esters is 1. The standard InChI is InChI=1S/C16H16N4O2/c1-19-12-5-4-9-17-15(12)20(2)16-14(19)11(8-10-18-16)6-7-13(21)22-3/h4-10H,1-3H3/b7-6+. The number of hydrogen-bond acceptors (Lipinski definition) is 6. The number of aromatic nitrogens is 2. The Hall–Kier alpha value is -2.89. The van der Waals surface area contributed by atoms with E-state index in [-0.39, 0.29) is 5.97 Å². The molecule has 0 aliphatic carbocycles. The molecule has 0 fully saturated rings. The van der Waals surface area contributed by atoms with E-state index < -0.39 is 0 Å². The fourth-order valence-corrected chi connectivity index (χ4v) is 2.54. The van der Waals surface area contributed by atoms with Crippen LogP contribution >= 0.6 is 0 Å². The van der Waals surface area contributed by atoms with Crippen LogP contribution in [0.25, 0.3) is 6.08 Å². The molecule has 0 unspecified atom stereocenters. The van der Waals surface area contributed by atoms with Crippen molar-refractivity contribution in [2.75, 3.05) is 31.0 Å². The van der Waals surface area contributed by atoms with Crippen LogP contribution in [0.3, 0.4) is 0 Å². The molecule has 0 atom stereocenters. The summed E-state index contributed by atoms with van der Waals surface area (Å²) in [6, 6.07) is 5.76. The van der Waals surface area contributed by atoms with Crippen molar-refractivity contribution in [2.24, 2.45) is 0 Å². The summed E-state index contributed by atoms with van der Waals surface area (Å²) in [5.74, 6) is 1.25. The summed E-state index contributed by atoms with van der Waals surface area (Å²) >= 11 is 0. The number of nitrogens with zero attached hydrogens (tertiary/aromatic N) is 4. The van der Waals surface area contributed by atoms with E-state index in [4.69, 9.17) is 0 Å². The largest absolute Gasteiger partial charge is 0.466 e. The number of pyridine rings is 2. The molecular formula is C16H16N4O2. The molecule has 2 aromatic heterocycles. The zero-order valence-electron chi connectivity index (χ0n) is 12.6. The van der Waals surface area contributed by atoms with E-state index in [0.717, 1.165) is 28.6 Å². The van der Waals surface area contributed by atoms with E-state index in [1.807, 2.05) is 42.1 Å². The average Bonchev–Trinajstić information content (AvgIpc) is 2.57. The molecule has 6 heteroatoms. The van der Waals surface area contributed by atoms with Crippen LogP contribution in [0.4, 0.5) is 23.0 Å². The smallest absolute Gasteiger partial charge is 0.330 e. The van der Waals surface area contributed by atoms with Gasteiger partial charge in [0, 0.05) is 38.1 Å². The number of hydrogen-bond donors (Lipinski definition) is 0. The monoisotopic (exact) mass is 296 g/mol. The minimum absolute atomic E-state index is 0.389. The van der Waals surface area contributed by atoms with Crippen molar-refractivity contribution in [1.82, 2.24) is 9.97 Å². The fourth-order valence-electron chi connectivity index (χ4n) is 2.54. The van der Waals surface area contributed by atoms with Gasteiger partial charge in [0.25, 0.3) is 0 Å². The van der Waals surface area contributed by atoms with Crippen LogP contribution in [0.15, 0.2) is 36.7 Å². The summed E-state index contributed by atoms with van der Waals surface area (Å²) in [6.07, 6.45) is 6.61. The molecule has 0 spiro atoms. The Morgan fingerprint density at radius 2 is 1.91 bits per heavy atom. The second-order valence-corrected chi connectivity index (χ2v) is 4.89. The summed E-state index contributed by atoms with van der Waals surface area (Å²) in [5, 5.41) is 0. The van der Waals surface area contributed by atoms with Crippen molar-refractivity contribution in [1.29, 1.82) is 0 Å². The topological polar surface area (TPSA) is 58.6 Å². The number of methoxy groups -OCH3 is 1. The second kappa shape index (κ2) is 5.48. The van der Waals surface area contributed by atoms with Crippen LogP contribution in [0.1, 0.15) is 5.56 Å². The molecule has 2 aromatic rings. The van der Waals surface area contributed by atoms with E-state index >= 15 is 0 Å². The van der Waals surface area contributed by atoms with Gasteiger partial charge >= 0.3 is 5.97 Å². The molecule has 1 aliphatic heterocycles. The highest BCUT2D eigenvalue weighted by Gasteiger charge is 2.27. The molecule has 112 valence electrons. The maximum Gasteiger partial charge on any atom is 0.330 e. The van der Waals surface area contributed by atoms with E-state index in [9.17, 15) is 4.79 Å². The maximum atomic E-state index is 11.3. The van der Waals surface area contributed by atoms with Crippen LogP contribution < -0.4 is 9.80 Å². The fraction of sp³-hybridized carbons (Fsp3) is 0.188. The summed E-state index contributed by atoms with van der Waals surface area (Å²) in [4.78, 5) is 24.2. The highest BCUT2D eigenvalue weighted by atomic mass is 16.5. The molecule has 0 N–H and O–H groups in total. The SMILES string of the molecule is COC(=O)/C=C/c1ccnc2c1N(C)c1cccnc1N2C. The predicted octanol–water partition coefficient (Wildman–Crippen LogP) is 2.51. The van der Waals surface area contributed by atoms with Gasteiger partial charge in [-0.05, 0) is 24.3 Å². The van der Waals surface area contributed by atoms with Crippen LogP contribution in [0.5, 0.6) is 0 Å². The maximum absolute atomic E-state index is 11.3. The van der Waals surface area contributed by atoms with E-state index in [2.05, 4.69) is 14.7 Å². The van der Waals surface area contributed by atoms with Gasteiger partial charge in [-0.15, -0.1) is 0 Å². The third-order valence-electron chi connectivity index (χ3n) is 3.63. The quantitative estimate of drug-likeness (QED) is 0.627. The van der Waals surface area contributed by atoms with E-state index in [0.29, 0.717) is 0 Å².